The zero-order chi connectivity index (χ0) is 23.8. The summed E-state index contributed by atoms with van der Waals surface area (Å²) in [5.74, 6) is 1.19. The number of hydrogen-bond acceptors (Lipinski definition) is 5. The Kier molecular flexibility index (Phi) is 8.19. The normalized spacial score (nSPS) is 11.0. The van der Waals surface area contributed by atoms with E-state index in [2.05, 4.69) is 5.32 Å². The van der Waals surface area contributed by atoms with Gasteiger partial charge in [0.25, 0.3) is 5.91 Å². The number of carbonyl (C=O) groups excluding carboxylic acids is 1. The summed E-state index contributed by atoms with van der Waals surface area (Å²) in [6, 6.07) is 20.6. The number of sulfonamides is 1. The molecule has 7 nitrogen and oxygen atoms in total. The molecule has 0 aliphatic heterocycles. The molecule has 0 bridgehead atoms. The summed E-state index contributed by atoms with van der Waals surface area (Å²) in [4.78, 5) is 12.4. The molecule has 3 aromatic carbocycles. The maximum absolute atomic E-state index is 12.4. The molecule has 0 unspecified atom stereocenters. The molecular formula is C24H25ClN2O5S. The Morgan fingerprint density at radius 2 is 1.67 bits per heavy atom. The van der Waals surface area contributed by atoms with Gasteiger partial charge in [0.15, 0.2) is 0 Å². The van der Waals surface area contributed by atoms with Gasteiger partial charge in [-0.15, -0.1) is 0 Å². The molecule has 0 aliphatic rings. The number of halogens is 1. The van der Waals surface area contributed by atoms with Crippen molar-refractivity contribution < 1.29 is 22.7 Å². The lowest BCUT2D eigenvalue weighted by molar-refractivity contribution is 0.0947. The van der Waals surface area contributed by atoms with Crippen LogP contribution in [0.2, 0.25) is 5.02 Å². The van der Waals surface area contributed by atoms with E-state index in [1.54, 1.807) is 79.9 Å². The standard InChI is InChI=1S/C24H25ClN2O5S/c1-31-22-10-12-23(13-11-22)32-15-14-26-24(28)19-8-6-18(7-9-19)17-27(33(2,29)30)21-5-3-4-20(25)16-21/h3-13,16H,14-15,17H2,1-2H3,(H,26,28). The predicted octanol–water partition coefficient (Wildman–Crippen LogP) is 4.12. The van der Waals surface area contributed by atoms with Crippen LogP contribution in [0.4, 0.5) is 5.69 Å². The van der Waals surface area contributed by atoms with E-state index in [-0.39, 0.29) is 12.5 Å². The molecule has 1 N–H and O–H groups in total. The predicted molar refractivity (Wildman–Crippen MR) is 130 cm³/mol. The molecule has 33 heavy (non-hydrogen) atoms. The van der Waals surface area contributed by atoms with Gasteiger partial charge in [-0.05, 0) is 60.2 Å². The van der Waals surface area contributed by atoms with Crippen LogP contribution in [0.25, 0.3) is 0 Å². The Labute approximate surface area is 198 Å². The second-order valence-corrected chi connectivity index (χ2v) is 9.57. The minimum atomic E-state index is -3.53. The number of carbonyl (C=O) groups is 1. The summed E-state index contributed by atoms with van der Waals surface area (Å²) < 4.78 is 36.6. The number of amides is 1. The highest BCUT2D eigenvalue weighted by molar-refractivity contribution is 7.92. The number of ether oxygens (including phenoxy) is 2. The highest BCUT2D eigenvalue weighted by Crippen LogP contribution is 2.24. The van der Waals surface area contributed by atoms with Crippen molar-refractivity contribution in [1.29, 1.82) is 0 Å². The number of methoxy groups -OCH3 is 1. The van der Waals surface area contributed by atoms with Gasteiger partial charge in [0.1, 0.15) is 18.1 Å². The van der Waals surface area contributed by atoms with Gasteiger partial charge in [0.05, 0.1) is 32.1 Å². The summed E-state index contributed by atoms with van der Waals surface area (Å²) in [6.07, 6.45) is 1.14. The van der Waals surface area contributed by atoms with Crippen LogP contribution in [0, 0.1) is 0 Å². The van der Waals surface area contributed by atoms with Gasteiger partial charge in [-0.1, -0.05) is 29.8 Å². The highest BCUT2D eigenvalue weighted by Gasteiger charge is 2.18. The van der Waals surface area contributed by atoms with Crippen molar-refractivity contribution in [3.63, 3.8) is 0 Å². The van der Waals surface area contributed by atoms with Crippen LogP contribution >= 0.6 is 11.6 Å². The second-order valence-electron chi connectivity index (χ2n) is 7.23. The second kappa shape index (κ2) is 11.1. The first kappa shape index (κ1) is 24.4. The molecule has 0 atom stereocenters. The number of benzene rings is 3. The van der Waals surface area contributed by atoms with E-state index in [1.807, 2.05) is 0 Å². The average molecular weight is 489 g/mol. The van der Waals surface area contributed by atoms with Crippen LogP contribution in [-0.4, -0.2) is 40.8 Å². The number of nitrogens with zero attached hydrogens (tertiary/aromatic N) is 1. The minimum absolute atomic E-state index is 0.122. The van der Waals surface area contributed by atoms with Crippen molar-refractivity contribution in [2.45, 2.75) is 6.54 Å². The molecule has 0 heterocycles. The zero-order valence-electron chi connectivity index (χ0n) is 18.3. The Morgan fingerprint density at radius 3 is 2.27 bits per heavy atom. The smallest absolute Gasteiger partial charge is 0.251 e. The number of rotatable bonds is 10. The molecule has 0 radical (unpaired) electrons. The maximum atomic E-state index is 12.4. The van der Waals surface area contributed by atoms with Crippen molar-refractivity contribution in [3.8, 4) is 11.5 Å². The van der Waals surface area contributed by atoms with Gasteiger partial charge >= 0.3 is 0 Å². The molecule has 0 fully saturated rings. The Morgan fingerprint density at radius 1 is 1.00 bits per heavy atom. The van der Waals surface area contributed by atoms with Crippen molar-refractivity contribution in [3.05, 3.63) is 88.9 Å². The summed E-state index contributed by atoms with van der Waals surface area (Å²) in [5, 5.41) is 3.25. The zero-order valence-corrected chi connectivity index (χ0v) is 19.9. The molecule has 0 saturated carbocycles. The first-order valence-electron chi connectivity index (χ1n) is 10.1. The lowest BCUT2D eigenvalue weighted by atomic mass is 10.1. The van der Waals surface area contributed by atoms with E-state index in [0.29, 0.717) is 35.2 Å². The van der Waals surface area contributed by atoms with E-state index in [1.165, 1.54) is 4.31 Å². The topological polar surface area (TPSA) is 84.9 Å². The third kappa shape index (κ3) is 7.13. The molecule has 0 aromatic heterocycles. The van der Waals surface area contributed by atoms with E-state index < -0.39 is 10.0 Å². The first-order chi connectivity index (χ1) is 15.8. The molecule has 3 rings (SSSR count). The fourth-order valence-electron chi connectivity index (χ4n) is 3.07. The highest BCUT2D eigenvalue weighted by atomic mass is 35.5. The van der Waals surface area contributed by atoms with Gasteiger partial charge in [0, 0.05) is 10.6 Å². The molecule has 1 amide bonds. The van der Waals surface area contributed by atoms with Crippen LogP contribution in [0.3, 0.4) is 0 Å². The largest absolute Gasteiger partial charge is 0.497 e. The Balaban J connectivity index is 1.55. The monoisotopic (exact) mass is 488 g/mol. The number of nitrogens with one attached hydrogen (secondary N) is 1. The molecule has 9 heteroatoms. The van der Waals surface area contributed by atoms with Crippen LogP contribution in [-0.2, 0) is 16.6 Å². The molecule has 0 aliphatic carbocycles. The lowest BCUT2D eigenvalue weighted by Crippen LogP contribution is -2.29. The molecule has 0 saturated heterocycles. The Hall–Kier alpha value is -3.23. The summed E-state index contributed by atoms with van der Waals surface area (Å²) >= 11 is 6.02. The fourth-order valence-corrected chi connectivity index (χ4v) is 4.13. The molecular weight excluding hydrogens is 464 g/mol. The quantitative estimate of drug-likeness (QED) is 0.434. The lowest BCUT2D eigenvalue weighted by Gasteiger charge is -2.22. The van der Waals surface area contributed by atoms with Crippen LogP contribution in [0.15, 0.2) is 72.8 Å². The van der Waals surface area contributed by atoms with Gasteiger partial charge in [-0.2, -0.15) is 0 Å². The van der Waals surface area contributed by atoms with Crippen molar-refractivity contribution in [2.24, 2.45) is 0 Å². The van der Waals surface area contributed by atoms with Crippen molar-refractivity contribution >= 4 is 33.2 Å². The van der Waals surface area contributed by atoms with E-state index in [4.69, 9.17) is 21.1 Å². The molecule has 3 aromatic rings. The SMILES string of the molecule is COc1ccc(OCCNC(=O)c2ccc(CN(c3cccc(Cl)c3)S(C)(=O)=O)cc2)cc1. The summed E-state index contributed by atoms with van der Waals surface area (Å²) in [7, 11) is -1.93. The van der Waals surface area contributed by atoms with Gasteiger partial charge in [-0.3, -0.25) is 9.10 Å². The average Bonchev–Trinajstić information content (AvgIpc) is 2.80. The van der Waals surface area contributed by atoms with Crippen LogP contribution in [0.1, 0.15) is 15.9 Å². The first-order valence-corrected chi connectivity index (χ1v) is 12.4. The third-order valence-corrected chi connectivity index (χ3v) is 6.13. The summed E-state index contributed by atoms with van der Waals surface area (Å²) in [6.45, 7) is 0.777. The minimum Gasteiger partial charge on any atom is -0.497 e. The Bertz CT molecular complexity index is 1180. The van der Waals surface area contributed by atoms with E-state index in [0.717, 1.165) is 17.6 Å². The van der Waals surface area contributed by atoms with E-state index in [9.17, 15) is 13.2 Å². The van der Waals surface area contributed by atoms with Gasteiger partial charge in [0.2, 0.25) is 10.0 Å². The molecule has 174 valence electrons. The fraction of sp³-hybridized carbons (Fsp3) is 0.208. The van der Waals surface area contributed by atoms with Gasteiger partial charge in [-0.25, -0.2) is 8.42 Å². The third-order valence-electron chi connectivity index (χ3n) is 4.75. The summed E-state index contributed by atoms with van der Waals surface area (Å²) in [5.41, 5.74) is 1.68. The van der Waals surface area contributed by atoms with E-state index >= 15 is 0 Å². The number of hydrogen-bond donors (Lipinski definition) is 1. The maximum Gasteiger partial charge on any atom is 0.251 e. The van der Waals surface area contributed by atoms with Crippen LogP contribution < -0.4 is 19.1 Å². The van der Waals surface area contributed by atoms with Crippen LogP contribution in [0.5, 0.6) is 11.5 Å². The van der Waals surface area contributed by atoms with Gasteiger partial charge < -0.3 is 14.8 Å². The van der Waals surface area contributed by atoms with Crippen molar-refractivity contribution in [1.82, 2.24) is 5.32 Å². The number of anilines is 1. The van der Waals surface area contributed by atoms with Crippen molar-refractivity contribution in [2.75, 3.05) is 30.8 Å². The molecule has 0 spiro atoms.